The summed E-state index contributed by atoms with van der Waals surface area (Å²) in [5.41, 5.74) is 41.6. The Kier molecular flexibility index (Phi) is 42.7. The molecule has 0 radical (unpaired) electrons. The van der Waals surface area contributed by atoms with Crippen molar-refractivity contribution in [3.05, 3.63) is 96.8 Å². The number of aryl methyl sites for hydroxylation is 1. The Labute approximate surface area is 749 Å². The molecule has 0 saturated carbocycles. The number of Topliss-reactive ketones (excluding diaryl/α,β-unsaturated/α-hetero) is 1. The molecule has 12 aromatic heterocycles. The number of nitrogens with one attached hydrogen (secondary N) is 6. The second-order valence-electron chi connectivity index (χ2n) is 31.3. The van der Waals surface area contributed by atoms with E-state index in [1.54, 1.807) is 57.9 Å². The first-order valence-electron chi connectivity index (χ1n) is 43.8. The van der Waals surface area contributed by atoms with Gasteiger partial charge in [0.05, 0.1) is 117 Å². The number of nitrogens with zero attached hydrogens (tertiary/aromatic N) is 18. The standard InChI is InChI=1S/C17H24FN5O.C15H23N5O2.C14H19F2N5O.C14H21N5O2.2C14H21N5O/c1-4-5-7-17(3,8-6-11(2)24)23-15-14-13(21-16(19)22-15)9-12(18)10-20-14;1-3-5-6-10(9-21)18-14-13-12(19-15(16)20-14)7-11(8-17-13)22-4-2;1-2-3-4-9(11(22)6-15)19-13-12-10(20-14(17)21-13)5-8(16)7-18-12;1-3-4-5-9(8-20)17-13-12-11(18-14(15)19-13)6-10(21-2)7-16-12;1-3-4-6-10(9(2)20)17-13-12-11(7-5-8-16-12)18-14(15)19-13;1-3-4-5-10(8-20)17-13-12-11(18-14(15)19-13)6-9(2)7-16-12/h9-10H,4-8H2,1-3H3,(H3,19,21,22,23);7-8,10,21H,3-6,9H2,1-2H3,(H3,16,18,19,20);5,7,9,11,22H,2-4,6H2,1H3,(H3,17,19,20,21);6-7,9,20H,3-5,8H2,1-2H3,(H3,15,17,18,19);5,7-10,20H,3-4,6H2,1-2H3,(H3,15,17,18,19);6-7,10,20H,3-5,8H2,1-2H3,(H3,15,17,18,19)/t17-;10-;9-,11?;9-;;10-/m0111.1/s1. The van der Waals surface area contributed by atoms with Crippen LogP contribution >= 0.6 is 0 Å². The molecule has 38 nitrogen and oxygen atoms in total. The van der Waals surface area contributed by atoms with E-state index in [9.17, 15) is 43.5 Å². The number of ether oxygens (including phenoxy) is 2. The summed E-state index contributed by atoms with van der Waals surface area (Å²) < 4.78 is 50.0. The number of carbonyl (C=O) groups excluding carboxylic acids is 1. The summed E-state index contributed by atoms with van der Waals surface area (Å²) in [5, 5.41) is 67.3. The third-order valence-corrected chi connectivity index (χ3v) is 20.3. The number of aromatic nitrogens is 18. The van der Waals surface area contributed by atoms with Crippen LogP contribution in [0.5, 0.6) is 11.5 Å². The maximum absolute atomic E-state index is 13.4. The minimum Gasteiger partial charge on any atom is -0.495 e. The second kappa shape index (κ2) is 53.3. The van der Waals surface area contributed by atoms with Gasteiger partial charge in [0.2, 0.25) is 35.7 Å². The van der Waals surface area contributed by atoms with Gasteiger partial charge in [0.1, 0.15) is 85.8 Å². The van der Waals surface area contributed by atoms with E-state index in [4.69, 9.17) is 43.9 Å². The average molecular weight is 1790 g/mol. The van der Waals surface area contributed by atoms with Gasteiger partial charge in [-0.15, -0.1) is 0 Å². The van der Waals surface area contributed by atoms with Crippen LogP contribution in [0, 0.1) is 18.6 Å². The first kappa shape index (κ1) is 103. The fraction of sp³-hybridized carbons (Fsp3) is 0.511. The number of carbonyl (C=O) groups is 1. The van der Waals surface area contributed by atoms with Crippen molar-refractivity contribution >= 4 is 143 Å². The maximum Gasteiger partial charge on any atom is 0.222 e. The highest BCUT2D eigenvalue weighted by atomic mass is 19.1. The van der Waals surface area contributed by atoms with Gasteiger partial charge in [-0.25, -0.2) is 63.0 Å². The predicted molar refractivity (Wildman–Crippen MR) is 504 cm³/mol. The van der Waals surface area contributed by atoms with Gasteiger partial charge in [-0.2, -0.15) is 29.9 Å². The van der Waals surface area contributed by atoms with Crippen LogP contribution in [-0.4, -0.2) is 209 Å². The molecule has 129 heavy (non-hydrogen) atoms. The number of unbranched alkanes of at least 4 members (excludes halogenated alkanes) is 6. The normalized spacial score (nSPS) is 13.2. The van der Waals surface area contributed by atoms with Crippen molar-refractivity contribution < 1.29 is 53.0 Å². The van der Waals surface area contributed by atoms with Gasteiger partial charge in [-0.3, -0.25) is 9.97 Å². The Balaban J connectivity index is 0.000000212. The average Bonchev–Trinajstić information content (AvgIpc) is 0.735. The van der Waals surface area contributed by atoms with E-state index >= 15 is 0 Å². The zero-order chi connectivity index (χ0) is 94.1. The lowest BCUT2D eigenvalue weighted by Gasteiger charge is -2.31. The van der Waals surface area contributed by atoms with Crippen LogP contribution in [0.3, 0.4) is 0 Å². The molecule has 12 heterocycles. The molecular weight excluding hydrogens is 1660 g/mol. The molecule has 3 unspecified atom stereocenters. The number of anilines is 12. The smallest absolute Gasteiger partial charge is 0.222 e. The highest BCUT2D eigenvalue weighted by Gasteiger charge is 2.28. The van der Waals surface area contributed by atoms with Crippen LogP contribution in [0.2, 0.25) is 0 Å². The molecule has 0 fully saturated rings. The molecule has 0 bridgehead atoms. The summed E-state index contributed by atoms with van der Waals surface area (Å²) in [6.45, 7) is 21.7. The molecule has 0 aliphatic rings. The van der Waals surface area contributed by atoms with Crippen molar-refractivity contribution in [1.82, 2.24) is 89.7 Å². The van der Waals surface area contributed by atoms with Gasteiger partial charge < -0.3 is 106 Å². The van der Waals surface area contributed by atoms with Crippen molar-refractivity contribution in [3.8, 4) is 11.5 Å². The van der Waals surface area contributed by atoms with E-state index in [-0.39, 0.29) is 102 Å². The van der Waals surface area contributed by atoms with E-state index in [0.717, 1.165) is 127 Å². The van der Waals surface area contributed by atoms with Crippen LogP contribution in [0.25, 0.3) is 66.2 Å². The van der Waals surface area contributed by atoms with E-state index in [1.165, 1.54) is 12.1 Å². The lowest BCUT2D eigenvalue weighted by molar-refractivity contribution is -0.117. The number of aliphatic hydroxyl groups is 5. The molecule has 12 aromatic rings. The fourth-order valence-corrected chi connectivity index (χ4v) is 13.3. The van der Waals surface area contributed by atoms with E-state index in [1.807, 2.05) is 39.0 Å². The summed E-state index contributed by atoms with van der Waals surface area (Å²) in [5.74, 6) is 4.10. The number of fused-ring (bicyclic) bond motifs is 6. The Bertz CT molecular complexity index is 5460. The van der Waals surface area contributed by atoms with Gasteiger partial charge in [-0.05, 0) is 103 Å². The number of rotatable bonds is 42. The van der Waals surface area contributed by atoms with Gasteiger partial charge >= 0.3 is 0 Å². The summed E-state index contributed by atoms with van der Waals surface area (Å²) in [4.78, 5) is 86.5. The Morgan fingerprint density at radius 2 is 0.806 bits per heavy atom. The molecule has 23 N–H and O–H groups in total. The van der Waals surface area contributed by atoms with E-state index in [0.29, 0.717) is 127 Å². The number of hydrogen-bond donors (Lipinski definition) is 17. The lowest BCUT2D eigenvalue weighted by atomic mass is 9.89. The number of nitrogens with two attached hydrogens (primary N) is 6. The third-order valence-electron chi connectivity index (χ3n) is 20.3. The maximum atomic E-state index is 13.4. The molecule has 0 saturated heterocycles. The topological polar surface area (TPSA) is 597 Å². The second-order valence-corrected chi connectivity index (χ2v) is 31.3. The van der Waals surface area contributed by atoms with Gasteiger partial charge in [0.25, 0.3) is 0 Å². The highest BCUT2D eigenvalue weighted by Crippen LogP contribution is 2.32. The summed E-state index contributed by atoms with van der Waals surface area (Å²) >= 11 is 0. The summed E-state index contributed by atoms with van der Waals surface area (Å²) in [7, 11) is 1.57. The Hall–Kier alpha value is -12.6. The van der Waals surface area contributed by atoms with Gasteiger partial charge in [-0.1, -0.05) is 119 Å². The Morgan fingerprint density at radius 1 is 0.450 bits per heavy atom. The molecule has 12 rings (SSSR count). The zero-order valence-electron chi connectivity index (χ0n) is 75.8. The van der Waals surface area contributed by atoms with Crippen LogP contribution in [0.1, 0.15) is 203 Å². The Morgan fingerprint density at radius 3 is 1.22 bits per heavy atom. The third kappa shape index (κ3) is 32.9. The lowest BCUT2D eigenvalue weighted by Crippen LogP contribution is -2.36. The van der Waals surface area contributed by atoms with E-state index < -0.39 is 36.6 Å². The quantitative estimate of drug-likeness (QED) is 0.0169. The number of pyridine rings is 6. The zero-order valence-corrected chi connectivity index (χ0v) is 75.8. The molecule has 0 spiro atoms. The molecule has 0 aliphatic carbocycles. The van der Waals surface area contributed by atoms with E-state index in [2.05, 4.69) is 163 Å². The molecular formula is C88H129F3N30O8. The molecule has 0 aromatic carbocycles. The van der Waals surface area contributed by atoms with Crippen molar-refractivity contribution in [1.29, 1.82) is 0 Å². The van der Waals surface area contributed by atoms with Crippen molar-refractivity contribution in [2.24, 2.45) is 0 Å². The highest BCUT2D eigenvalue weighted by molar-refractivity contribution is 5.91. The SMILES string of the molecule is CCCCC(Nc1nc(N)nc2cccnc12)C(C)O.CCCC[C@@H](Nc1nc(N)nc2cc(F)cnc12)C(O)CF.CCCC[C@@](C)(CCC(C)=O)Nc1nc(N)nc2cc(F)cnc12.CCCC[C@H](CO)Nc1nc(N)nc2cc(C)cnc12.CCCC[C@H](CO)Nc1nc(N)nc2cc(OC)cnc12.CCCC[C@H](CO)Nc1nc(N)nc2cc(OCC)cnc12. The summed E-state index contributed by atoms with van der Waals surface area (Å²) in [6.07, 6.45) is 25.5. The number of halogens is 3. The molecule has 0 aliphatic heterocycles. The van der Waals surface area contributed by atoms with Crippen LogP contribution < -0.4 is 75.8 Å². The number of alkyl halides is 1. The van der Waals surface area contributed by atoms with Gasteiger partial charge in [0, 0.05) is 48.6 Å². The van der Waals surface area contributed by atoms with Crippen molar-refractivity contribution in [3.63, 3.8) is 0 Å². The summed E-state index contributed by atoms with van der Waals surface area (Å²) in [6, 6.07) is 10.8. The first-order valence-corrected chi connectivity index (χ1v) is 43.8. The molecule has 8 atom stereocenters. The number of nitrogen functional groups attached to an aromatic ring is 6. The molecule has 41 heteroatoms. The van der Waals surface area contributed by atoms with Crippen LogP contribution in [0.15, 0.2) is 79.6 Å². The molecule has 0 amide bonds. The van der Waals surface area contributed by atoms with Crippen LogP contribution in [0.4, 0.5) is 83.8 Å². The molecule has 700 valence electrons. The number of aliphatic hydroxyl groups excluding tert-OH is 5. The van der Waals surface area contributed by atoms with Crippen molar-refractivity contribution in [2.75, 3.05) is 107 Å². The van der Waals surface area contributed by atoms with Crippen LogP contribution in [-0.2, 0) is 4.79 Å². The monoisotopic (exact) mass is 1790 g/mol. The van der Waals surface area contributed by atoms with Gasteiger partial charge in [0.15, 0.2) is 34.9 Å². The first-order chi connectivity index (χ1) is 62.0. The minimum atomic E-state index is -1.17. The number of hydrogen-bond acceptors (Lipinski definition) is 38. The number of methoxy groups -OCH3 is 1. The fourth-order valence-electron chi connectivity index (χ4n) is 13.3. The largest absolute Gasteiger partial charge is 0.495 e. The minimum absolute atomic E-state index is 0.0293. The number of ketones is 1. The van der Waals surface area contributed by atoms with Crippen molar-refractivity contribution in [2.45, 2.75) is 253 Å². The predicted octanol–water partition coefficient (Wildman–Crippen LogP) is 12.9.